The molecule has 0 fully saturated rings. The van der Waals surface area contributed by atoms with Crippen LogP contribution in [-0.2, 0) is 17.9 Å². The van der Waals surface area contributed by atoms with E-state index in [1.165, 1.54) is 5.56 Å². The first-order chi connectivity index (χ1) is 14.1. The summed E-state index contributed by atoms with van der Waals surface area (Å²) in [4.78, 5) is 32.7. The zero-order valence-electron chi connectivity index (χ0n) is 18.9. The van der Waals surface area contributed by atoms with Crippen LogP contribution in [0.15, 0.2) is 24.3 Å². The average molecular weight is 412 g/mol. The maximum atomic E-state index is 13.3. The lowest BCUT2D eigenvalue weighted by molar-refractivity contribution is -0.124. The van der Waals surface area contributed by atoms with Crippen molar-refractivity contribution < 1.29 is 9.59 Å². The maximum Gasteiger partial charge on any atom is 0.272 e. The summed E-state index contributed by atoms with van der Waals surface area (Å²) in [6, 6.07) is 7.55. The Hall–Kier alpha value is -2.67. The molecule has 1 aliphatic heterocycles. The molecule has 0 bridgehead atoms. The number of nitrogens with one attached hydrogen (secondary N) is 2. The van der Waals surface area contributed by atoms with Crippen molar-refractivity contribution in [3.8, 4) is 11.4 Å². The Morgan fingerprint density at radius 2 is 1.80 bits per heavy atom. The van der Waals surface area contributed by atoms with E-state index in [9.17, 15) is 9.59 Å². The van der Waals surface area contributed by atoms with Crippen LogP contribution < -0.4 is 10.6 Å². The molecule has 2 heterocycles. The number of likely N-dealkylation sites (N-methyl/N-ethyl adjacent to an activating group) is 1. The molecule has 1 aliphatic rings. The first-order valence-corrected chi connectivity index (χ1v) is 10.5. The number of aryl methyl sites for hydroxylation is 1. The lowest BCUT2D eigenvalue weighted by Crippen LogP contribution is -2.53. The summed E-state index contributed by atoms with van der Waals surface area (Å²) in [5.74, 6) is 0.283. The zero-order valence-corrected chi connectivity index (χ0v) is 18.9. The van der Waals surface area contributed by atoms with Gasteiger partial charge in [-0.15, -0.1) is 0 Å². The molecule has 0 saturated carbocycles. The molecule has 3 rings (SSSR count). The number of amides is 2. The van der Waals surface area contributed by atoms with E-state index in [0.717, 1.165) is 36.6 Å². The van der Waals surface area contributed by atoms with Gasteiger partial charge in [-0.25, -0.2) is 4.98 Å². The average Bonchev–Trinajstić information content (AvgIpc) is 2.91. The van der Waals surface area contributed by atoms with Crippen LogP contribution in [0, 0.1) is 12.3 Å². The predicted molar refractivity (Wildman–Crippen MR) is 118 cm³/mol. The van der Waals surface area contributed by atoms with Crippen molar-refractivity contribution in [1.82, 2.24) is 25.1 Å². The quantitative estimate of drug-likeness (QED) is 0.811. The van der Waals surface area contributed by atoms with E-state index in [4.69, 9.17) is 4.98 Å². The second-order valence-corrected chi connectivity index (χ2v) is 9.23. The molecule has 2 amide bonds. The molecule has 7 nitrogen and oxygen atoms in total. The minimum Gasteiger partial charge on any atom is -0.357 e. The molecule has 2 aromatic rings. The lowest BCUT2D eigenvalue weighted by atomic mass is 9.86. The molecule has 30 heavy (non-hydrogen) atoms. The van der Waals surface area contributed by atoms with Gasteiger partial charge in [0.2, 0.25) is 5.91 Å². The number of rotatable bonds is 4. The van der Waals surface area contributed by atoms with Crippen LogP contribution in [0.2, 0.25) is 0 Å². The Balaban J connectivity index is 2.04. The van der Waals surface area contributed by atoms with Crippen LogP contribution in [0.4, 0.5) is 0 Å². The van der Waals surface area contributed by atoms with Gasteiger partial charge in [0.1, 0.15) is 11.9 Å². The molecular formula is C23H33N5O2. The fraction of sp³-hybridized carbons (Fsp3) is 0.522. The van der Waals surface area contributed by atoms with Crippen LogP contribution in [0.25, 0.3) is 11.4 Å². The van der Waals surface area contributed by atoms with Gasteiger partial charge in [0.05, 0.1) is 5.69 Å². The third kappa shape index (κ3) is 4.56. The molecule has 162 valence electrons. The monoisotopic (exact) mass is 411 g/mol. The van der Waals surface area contributed by atoms with Gasteiger partial charge in [-0.2, -0.15) is 0 Å². The standard InChI is InChI=1S/C23H33N5O2/c1-15-8-10-16(11-9-15)20-25-18(17-14-27(6)12-7-13-28(17)20)21(29)26-19(22(30)24-5)23(2,3)4/h8-11,19H,7,12-14H2,1-6H3,(H,24,30)(H,26,29). The van der Waals surface area contributed by atoms with Crippen molar-refractivity contribution in [2.24, 2.45) is 5.41 Å². The fourth-order valence-corrected chi connectivity index (χ4v) is 3.84. The number of imidazole rings is 1. The number of carbonyl (C=O) groups excluding carboxylic acids is 2. The molecule has 1 atom stereocenters. The number of hydrogen-bond donors (Lipinski definition) is 2. The highest BCUT2D eigenvalue weighted by Gasteiger charge is 2.34. The summed E-state index contributed by atoms with van der Waals surface area (Å²) in [5, 5.41) is 5.59. The number of benzene rings is 1. The van der Waals surface area contributed by atoms with E-state index >= 15 is 0 Å². The molecule has 1 aromatic heterocycles. The lowest BCUT2D eigenvalue weighted by Gasteiger charge is -2.29. The number of carbonyl (C=O) groups is 2. The third-order valence-electron chi connectivity index (χ3n) is 5.59. The first kappa shape index (κ1) is 22.0. The van der Waals surface area contributed by atoms with Crippen LogP contribution in [0.3, 0.4) is 0 Å². The van der Waals surface area contributed by atoms with Gasteiger partial charge in [-0.1, -0.05) is 50.6 Å². The topological polar surface area (TPSA) is 79.3 Å². The third-order valence-corrected chi connectivity index (χ3v) is 5.59. The summed E-state index contributed by atoms with van der Waals surface area (Å²) < 4.78 is 2.16. The van der Waals surface area contributed by atoms with E-state index in [-0.39, 0.29) is 11.8 Å². The van der Waals surface area contributed by atoms with Crippen LogP contribution in [0.1, 0.15) is 48.9 Å². The Labute approximate surface area is 178 Å². The highest BCUT2D eigenvalue weighted by molar-refractivity contribution is 5.97. The molecule has 2 N–H and O–H groups in total. The van der Waals surface area contributed by atoms with Crippen LogP contribution in [0.5, 0.6) is 0 Å². The number of aromatic nitrogens is 2. The molecule has 1 unspecified atom stereocenters. The summed E-state index contributed by atoms with van der Waals surface area (Å²) in [7, 11) is 3.64. The zero-order chi connectivity index (χ0) is 22.1. The second-order valence-electron chi connectivity index (χ2n) is 9.23. The minimum atomic E-state index is -0.654. The molecule has 0 spiro atoms. The van der Waals surface area contributed by atoms with Gasteiger partial charge in [0, 0.05) is 25.7 Å². The molecule has 7 heteroatoms. The van der Waals surface area contributed by atoms with E-state index in [0.29, 0.717) is 12.2 Å². The van der Waals surface area contributed by atoms with Gasteiger partial charge in [0.25, 0.3) is 5.91 Å². The van der Waals surface area contributed by atoms with E-state index < -0.39 is 11.5 Å². The Kier molecular flexibility index (Phi) is 6.31. The van der Waals surface area contributed by atoms with Crippen molar-refractivity contribution in [2.45, 2.75) is 53.2 Å². The minimum absolute atomic E-state index is 0.211. The SMILES string of the molecule is CNC(=O)C(NC(=O)c1nc(-c2ccc(C)cc2)n2c1CN(C)CCC2)C(C)(C)C. The summed E-state index contributed by atoms with van der Waals surface area (Å²) >= 11 is 0. The number of fused-ring (bicyclic) bond motifs is 1. The van der Waals surface area contributed by atoms with Gasteiger partial charge in [0.15, 0.2) is 5.69 Å². The molecule has 0 aliphatic carbocycles. The van der Waals surface area contributed by atoms with Gasteiger partial charge in [-0.05, 0) is 32.4 Å². The fourth-order valence-electron chi connectivity index (χ4n) is 3.84. The predicted octanol–water partition coefficient (Wildman–Crippen LogP) is 2.58. The van der Waals surface area contributed by atoms with Crippen molar-refractivity contribution in [1.29, 1.82) is 0 Å². The van der Waals surface area contributed by atoms with Crippen molar-refractivity contribution in [3.05, 3.63) is 41.2 Å². The molecular weight excluding hydrogens is 378 g/mol. The highest BCUT2D eigenvalue weighted by atomic mass is 16.2. The van der Waals surface area contributed by atoms with Crippen molar-refractivity contribution in [2.75, 3.05) is 20.6 Å². The Morgan fingerprint density at radius 3 is 2.40 bits per heavy atom. The van der Waals surface area contributed by atoms with Gasteiger partial charge in [-0.3, -0.25) is 9.59 Å². The molecule has 0 radical (unpaired) electrons. The van der Waals surface area contributed by atoms with Crippen LogP contribution in [-0.4, -0.2) is 52.9 Å². The van der Waals surface area contributed by atoms with Crippen molar-refractivity contribution in [3.63, 3.8) is 0 Å². The first-order valence-electron chi connectivity index (χ1n) is 10.5. The second kappa shape index (κ2) is 8.60. The Morgan fingerprint density at radius 1 is 1.13 bits per heavy atom. The molecule has 0 saturated heterocycles. The van der Waals surface area contributed by atoms with Gasteiger partial charge >= 0.3 is 0 Å². The summed E-state index contributed by atoms with van der Waals surface area (Å²) in [5.41, 5.74) is 3.04. The van der Waals surface area contributed by atoms with E-state index in [1.807, 2.05) is 32.9 Å². The maximum absolute atomic E-state index is 13.3. The molecule has 1 aromatic carbocycles. The largest absolute Gasteiger partial charge is 0.357 e. The smallest absolute Gasteiger partial charge is 0.272 e. The summed E-state index contributed by atoms with van der Waals surface area (Å²) in [6.07, 6.45) is 0.989. The number of nitrogens with zero attached hydrogens (tertiary/aromatic N) is 3. The highest BCUT2D eigenvalue weighted by Crippen LogP contribution is 2.27. The normalized spacial score (nSPS) is 15.8. The van der Waals surface area contributed by atoms with Crippen molar-refractivity contribution >= 4 is 11.8 Å². The Bertz CT molecular complexity index is 924. The van der Waals surface area contributed by atoms with E-state index in [1.54, 1.807) is 7.05 Å². The summed E-state index contributed by atoms with van der Waals surface area (Å²) in [6.45, 7) is 10.3. The number of hydrogen-bond acceptors (Lipinski definition) is 4. The van der Waals surface area contributed by atoms with Gasteiger partial charge < -0.3 is 20.1 Å². The van der Waals surface area contributed by atoms with E-state index in [2.05, 4.69) is 46.2 Å². The van der Waals surface area contributed by atoms with Crippen LogP contribution >= 0.6 is 0 Å².